The molecule has 0 fully saturated rings. The Labute approximate surface area is 137 Å². The lowest BCUT2D eigenvalue weighted by molar-refractivity contribution is -0.136. The summed E-state index contributed by atoms with van der Waals surface area (Å²) in [4.78, 5) is 23.9. The maximum Gasteiger partial charge on any atom is 0.337 e. The Hall–Kier alpha value is -2.02. The van der Waals surface area contributed by atoms with Gasteiger partial charge < -0.3 is 20.1 Å². The largest absolute Gasteiger partial charge is 0.494 e. The van der Waals surface area contributed by atoms with Crippen molar-refractivity contribution in [1.82, 2.24) is 10.6 Å². The third-order valence-corrected chi connectivity index (χ3v) is 3.99. The molecule has 2 N–H and O–H groups in total. The van der Waals surface area contributed by atoms with Crippen molar-refractivity contribution in [2.24, 2.45) is 0 Å². The molecule has 1 unspecified atom stereocenters. The molecule has 0 saturated carbocycles. The summed E-state index contributed by atoms with van der Waals surface area (Å²) in [5, 5.41) is 5.33. The second-order valence-corrected chi connectivity index (χ2v) is 5.53. The monoisotopic (exact) mass is 368 g/mol. The van der Waals surface area contributed by atoms with E-state index in [2.05, 4.69) is 26.6 Å². The van der Waals surface area contributed by atoms with Crippen LogP contribution in [-0.4, -0.2) is 25.7 Å². The maximum absolute atomic E-state index is 12.1. The highest BCUT2D eigenvalue weighted by atomic mass is 79.9. The molecule has 1 aromatic carbocycles. The predicted octanol–water partition coefficient (Wildman–Crippen LogP) is 2.65. The number of amides is 2. The van der Waals surface area contributed by atoms with Gasteiger partial charge in [0.2, 0.25) is 0 Å². The molecule has 0 spiro atoms. The summed E-state index contributed by atoms with van der Waals surface area (Å²) < 4.78 is 11.1. The van der Waals surface area contributed by atoms with E-state index in [0.717, 1.165) is 10.0 Å². The zero-order valence-corrected chi connectivity index (χ0v) is 14.1. The number of carbonyl (C=O) groups is 2. The highest BCUT2D eigenvalue weighted by molar-refractivity contribution is 9.10. The third kappa shape index (κ3) is 3.24. The smallest absolute Gasteiger partial charge is 0.337 e. The van der Waals surface area contributed by atoms with E-state index in [9.17, 15) is 9.59 Å². The van der Waals surface area contributed by atoms with Crippen LogP contribution in [0.5, 0.6) is 5.75 Å². The van der Waals surface area contributed by atoms with Crippen LogP contribution in [0.2, 0.25) is 0 Å². The highest BCUT2D eigenvalue weighted by Crippen LogP contribution is 2.34. The summed E-state index contributed by atoms with van der Waals surface area (Å²) in [5.41, 5.74) is 1.55. The fourth-order valence-electron chi connectivity index (χ4n) is 2.31. The molecule has 1 aliphatic rings. The summed E-state index contributed by atoms with van der Waals surface area (Å²) in [5.74, 6) is 0.166. The minimum Gasteiger partial charge on any atom is -0.494 e. The van der Waals surface area contributed by atoms with Gasteiger partial charge in [0.1, 0.15) is 5.75 Å². The van der Waals surface area contributed by atoms with E-state index in [1.54, 1.807) is 13.0 Å². The summed E-state index contributed by atoms with van der Waals surface area (Å²) in [6, 6.07) is 4.44. The van der Waals surface area contributed by atoms with E-state index in [1.165, 1.54) is 7.11 Å². The Morgan fingerprint density at radius 1 is 1.41 bits per heavy atom. The van der Waals surface area contributed by atoms with E-state index in [-0.39, 0.29) is 6.03 Å². The molecule has 1 aliphatic heterocycles. The molecule has 118 valence electrons. The number of hydrogen-bond donors (Lipinski definition) is 2. The second kappa shape index (κ2) is 6.83. The maximum atomic E-state index is 12.1. The molecule has 6 nitrogen and oxygen atoms in total. The molecule has 22 heavy (non-hydrogen) atoms. The Balaban J connectivity index is 2.52. The standard InChI is InChI=1S/C15H17BrN2O4/c1-4-22-9-5-6-11(16)10(7-9)13-12(14(19)21-3)8(2)17-15(20)18-13/h5-7,13H,4H2,1-3H3,(H2,17,18,20). The van der Waals surface area contributed by atoms with Gasteiger partial charge in [0.05, 0.1) is 25.3 Å². The fourth-order valence-corrected chi connectivity index (χ4v) is 2.78. The van der Waals surface area contributed by atoms with Crippen LogP contribution in [0.25, 0.3) is 0 Å². The van der Waals surface area contributed by atoms with Gasteiger partial charge in [0, 0.05) is 10.2 Å². The van der Waals surface area contributed by atoms with Gasteiger partial charge in [-0.2, -0.15) is 0 Å². The van der Waals surface area contributed by atoms with E-state index >= 15 is 0 Å². The molecule has 2 rings (SSSR count). The van der Waals surface area contributed by atoms with Crippen LogP contribution in [-0.2, 0) is 9.53 Å². The van der Waals surface area contributed by atoms with Crippen LogP contribution in [0.15, 0.2) is 33.9 Å². The molecule has 0 aromatic heterocycles. The lowest BCUT2D eigenvalue weighted by atomic mass is 9.95. The number of halogens is 1. The van der Waals surface area contributed by atoms with Gasteiger partial charge in [-0.05, 0) is 37.6 Å². The number of benzene rings is 1. The number of esters is 1. The number of carbonyl (C=O) groups excluding carboxylic acids is 2. The van der Waals surface area contributed by atoms with Gasteiger partial charge in [-0.3, -0.25) is 0 Å². The first-order valence-electron chi connectivity index (χ1n) is 6.76. The Morgan fingerprint density at radius 2 is 2.14 bits per heavy atom. The number of methoxy groups -OCH3 is 1. The van der Waals surface area contributed by atoms with Crippen molar-refractivity contribution in [3.63, 3.8) is 0 Å². The van der Waals surface area contributed by atoms with Gasteiger partial charge >= 0.3 is 12.0 Å². The zero-order valence-electron chi connectivity index (χ0n) is 12.5. The topological polar surface area (TPSA) is 76.7 Å². The molecule has 7 heteroatoms. The van der Waals surface area contributed by atoms with Crippen LogP contribution in [0, 0.1) is 0 Å². The zero-order chi connectivity index (χ0) is 16.3. The summed E-state index contributed by atoms with van der Waals surface area (Å²) in [6.07, 6.45) is 0. The Kier molecular flexibility index (Phi) is 5.07. The number of allylic oxidation sites excluding steroid dienone is 1. The van der Waals surface area contributed by atoms with Gasteiger partial charge in [-0.25, -0.2) is 9.59 Å². The highest BCUT2D eigenvalue weighted by Gasteiger charge is 2.33. The average molecular weight is 369 g/mol. The SMILES string of the molecule is CCOc1ccc(Br)c(C2NC(=O)NC(C)=C2C(=O)OC)c1. The van der Waals surface area contributed by atoms with Gasteiger partial charge in [0.15, 0.2) is 0 Å². The van der Waals surface area contributed by atoms with Crippen molar-refractivity contribution < 1.29 is 19.1 Å². The van der Waals surface area contributed by atoms with Crippen molar-refractivity contribution in [1.29, 1.82) is 0 Å². The van der Waals surface area contributed by atoms with E-state index < -0.39 is 12.0 Å². The summed E-state index contributed by atoms with van der Waals surface area (Å²) in [7, 11) is 1.31. The fraction of sp³-hybridized carbons (Fsp3) is 0.333. The van der Waals surface area contributed by atoms with Crippen LogP contribution < -0.4 is 15.4 Å². The molecule has 0 radical (unpaired) electrons. The quantitative estimate of drug-likeness (QED) is 0.800. The molecular weight excluding hydrogens is 352 g/mol. The van der Waals surface area contributed by atoms with Crippen molar-refractivity contribution >= 4 is 27.9 Å². The first kappa shape index (κ1) is 16.4. The van der Waals surface area contributed by atoms with Gasteiger partial charge in [-0.15, -0.1) is 0 Å². The molecule has 0 saturated heterocycles. The number of rotatable bonds is 4. The van der Waals surface area contributed by atoms with Crippen LogP contribution in [0.1, 0.15) is 25.5 Å². The minimum absolute atomic E-state index is 0.358. The summed E-state index contributed by atoms with van der Waals surface area (Å²) in [6.45, 7) is 4.08. The Bertz CT molecular complexity index is 642. The van der Waals surface area contributed by atoms with Crippen LogP contribution in [0.3, 0.4) is 0 Å². The molecule has 1 heterocycles. The molecule has 1 aromatic rings. The number of urea groups is 1. The minimum atomic E-state index is -0.615. The van der Waals surface area contributed by atoms with Crippen LogP contribution >= 0.6 is 15.9 Å². The molecule has 0 aliphatic carbocycles. The molecule has 1 atom stereocenters. The summed E-state index contributed by atoms with van der Waals surface area (Å²) >= 11 is 3.45. The number of ether oxygens (including phenoxy) is 2. The first-order chi connectivity index (χ1) is 10.5. The van der Waals surface area contributed by atoms with Gasteiger partial charge in [0.25, 0.3) is 0 Å². The normalized spacial score (nSPS) is 17.6. The molecular formula is C15H17BrN2O4. The average Bonchev–Trinajstić information content (AvgIpc) is 2.48. The number of hydrogen-bond acceptors (Lipinski definition) is 4. The van der Waals surface area contributed by atoms with Crippen LogP contribution in [0.4, 0.5) is 4.79 Å². The van der Waals surface area contributed by atoms with Crippen molar-refractivity contribution in [3.8, 4) is 5.75 Å². The predicted molar refractivity (Wildman–Crippen MR) is 84.4 cm³/mol. The Morgan fingerprint density at radius 3 is 2.77 bits per heavy atom. The first-order valence-corrected chi connectivity index (χ1v) is 7.56. The van der Waals surface area contributed by atoms with Gasteiger partial charge in [-0.1, -0.05) is 15.9 Å². The van der Waals surface area contributed by atoms with Crippen molar-refractivity contribution in [2.75, 3.05) is 13.7 Å². The third-order valence-electron chi connectivity index (χ3n) is 3.26. The van der Waals surface area contributed by atoms with Crippen molar-refractivity contribution in [2.45, 2.75) is 19.9 Å². The van der Waals surface area contributed by atoms with E-state index in [0.29, 0.717) is 23.6 Å². The molecule has 2 amide bonds. The second-order valence-electron chi connectivity index (χ2n) is 4.68. The number of nitrogens with one attached hydrogen (secondary N) is 2. The van der Waals surface area contributed by atoms with Crippen molar-refractivity contribution in [3.05, 3.63) is 39.5 Å². The van der Waals surface area contributed by atoms with E-state index in [4.69, 9.17) is 9.47 Å². The lowest BCUT2D eigenvalue weighted by Gasteiger charge is -2.28. The molecule has 0 bridgehead atoms. The lowest BCUT2D eigenvalue weighted by Crippen LogP contribution is -2.45. The van der Waals surface area contributed by atoms with E-state index in [1.807, 2.05) is 19.1 Å².